The number of carbonyl (C=O) groups is 1. The van der Waals surface area contributed by atoms with E-state index in [0.29, 0.717) is 17.1 Å². The van der Waals surface area contributed by atoms with Gasteiger partial charge in [-0.15, -0.1) is 0 Å². The predicted octanol–water partition coefficient (Wildman–Crippen LogP) is 2.74. The lowest BCUT2D eigenvalue weighted by atomic mass is 10.2. The molecule has 0 bridgehead atoms. The highest BCUT2D eigenvalue weighted by Crippen LogP contribution is 2.28. The normalized spacial score (nSPS) is 10.6. The van der Waals surface area contributed by atoms with Crippen LogP contribution in [0, 0.1) is 0 Å². The Balaban J connectivity index is 2.06. The number of nitrogens with zero attached hydrogens (tertiary/aromatic N) is 2. The molecular weight excluding hydrogens is 268 g/mol. The fourth-order valence-electron chi connectivity index (χ4n) is 2.23. The van der Waals surface area contributed by atoms with Gasteiger partial charge in [-0.2, -0.15) is 0 Å². The van der Waals surface area contributed by atoms with Gasteiger partial charge in [0.15, 0.2) is 11.5 Å². The van der Waals surface area contributed by atoms with Gasteiger partial charge in [-0.25, -0.2) is 4.98 Å². The fraction of sp³-hybridized carbons (Fsp3) is 0.125. The summed E-state index contributed by atoms with van der Waals surface area (Å²) in [6.45, 7) is 0. The van der Waals surface area contributed by atoms with E-state index in [1.54, 1.807) is 32.4 Å². The molecule has 0 spiro atoms. The third-order valence-electron chi connectivity index (χ3n) is 3.30. The molecule has 2 aromatic carbocycles. The quantitative estimate of drug-likeness (QED) is 0.741. The summed E-state index contributed by atoms with van der Waals surface area (Å²) >= 11 is 0. The highest BCUT2D eigenvalue weighted by molar-refractivity contribution is 6.01. The topological polar surface area (TPSA) is 53.4 Å². The third-order valence-corrected chi connectivity index (χ3v) is 3.30. The molecule has 21 heavy (non-hydrogen) atoms. The number of methoxy groups -OCH3 is 2. The van der Waals surface area contributed by atoms with Crippen LogP contribution < -0.4 is 9.47 Å². The van der Waals surface area contributed by atoms with Crippen molar-refractivity contribution in [2.75, 3.05) is 14.2 Å². The fourth-order valence-corrected chi connectivity index (χ4v) is 2.23. The molecule has 0 saturated carbocycles. The van der Waals surface area contributed by atoms with Crippen LogP contribution in [0.25, 0.3) is 11.0 Å². The molecule has 0 aliphatic carbocycles. The first-order valence-corrected chi connectivity index (χ1v) is 6.43. The van der Waals surface area contributed by atoms with Crippen LogP contribution >= 0.6 is 0 Å². The first-order chi connectivity index (χ1) is 10.2. The molecular formula is C16H14N2O3. The molecule has 0 atom stereocenters. The van der Waals surface area contributed by atoms with Crippen LogP contribution in [-0.2, 0) is 0 Å². The minimum absolute atomic E-state index is 0.162. The Labute approximate surface area is 121 Å². The van der Waals surface area contributed by atoms with Crippen molar-refractivity contribution < 1.29 is 14.3 Å². The van der Waals surface area contributed by atoms with Gasteiger partial charge < -0.3 is 9.47 Å². The van der Waals surface area contributed by atoms with E-state index in [1.807, 2.05) is 24.3 Å². The van der Waals surface area contributed by atoms with Gasteiger partial charge in [-0.05, 0) is 30.3 Å². The van der Waals surface area contributed by atoms with Crippen molar-refractivity contribution in [3.05, 3.63) is 54.4 Å². The Morgan fingerprint density at radius 3 is 2.57 bits per heavy atom. The van der Waals surface area contributed by atoms with Gasteiger partial charge in [0.05, 0.1) is 25.3 Å². The molecule has 0 amide bonds. The number of imidazole rings is 1. The molecule has 0 N–H and O–H groups in total. The Hall–Kier alpha value is -2.82. The molecule has 1 aromatic heterocycles. The van der Waals surface area contributed by atoms with Gasteiger partial charge >= 0.3 is 0 Å². The molecule has 1 heterocycles. The number of fused-ring (bicyclic) bond motifs is 1. The minimum atomic E-state index is -0.162. The van der Waals surface area contributed by atoms with E-state index in [4.69, 9.17) is 9.47 Å². The molecule has 0 unspecified atom stereocenters. The number of carbonyl (C=O) groups excluding carboxylic acids is 1. The van der Waals surface area contributed by atoms with Crippen LogP contribution in [-0.4, -0.2) is 29.7 Å². The summed E-state index contributed by atoms with van der Waals surface area (Å²) < 4.78 is 11.9. The molecule has 5 heteroatoms. The zero-order valence-corrected chi connectivity index (χ0v) is 11.7. The van der Waals surface area contributed by atoms with Crippen LogP contribution in [0.1, 0.15) is 10.4 Å². The lowest BCUT2D eigenvalue weighted by Gasteiger charge is -2.09. The van der Waals surface area contributed by atoms with E-state index in [2.05, 4.69) is 4.98 Å². The summed E-state index contributed by atoms with van der Waals surface area (Å²) in [5.74, 6) is 0.946. The molecule has 3 rings (SSSR count). The Morgan fingerprint density at radius 2 is 1.81 bits per heavy atom. The van der Waals surface area contributed by atoms with E-state index in [0.717, 1.165) is 11.0 Å². The number of aromatic nitrogens is 2. The highest BCUT2D eigenvalue weighted by Gasteiger charge is 2.14. The average Bonchev–Trinajstić information content (AvgIpc) is 2.97. The van der Waals surface area contributed by atoms with Crippen molar-refractivity contribution in [2.24, 2.45) is 0 Å². The largest absolute Gasteiger partial charge is 0.493 e. The SMILES string of the molecule is COc1ccc(C(=O)n2cnc3ccccc32)cc1OC. The standard InChI is InChI=1S/C16H14N2O3/c1-20-14-8-7-11(9-15(14)21-2)16(19)18-10-17-12-5-3-4-6-13(12)18/h3-10H,1-2H3. The zero-order valence-electron chi connectivity index (χ0n) is 11.7. The second-order valence-corrected chi connectivity index (χ2v) is 4.48. The van der Waals surface area contributed by atoms with Crippen LogP contribution in [0.3, 0.4) is 0 Å². The van der Waals surface area contributed by atoms with E-state index in [-0.39, 0.29) is 5.91 Å². The molecule has 0 radical (unpaired) electrons. The van der Waals surface area contributed by atoms with Gasteiger partial charge in [0.2, 0.25) is 0 Å². The lowest BCUT2D eigenvalue weighted by Crippen LogP contribution is -2.11. The van der Waals surface area contributed by atoms with Crippen molar-refractivity contribution >= 4 is 16.9 Å². The Kier molecular flexibility index (Phi) is 3.31. The highest BCUT2D eigenvalue weighted by atomic mass is 16.5. The van der Waals surface area contributed by atoms with Crippen LogP contribution in [0.15, 0.2) is 48.8 Å². The van der Waals surface area contributed by atoms with E-state index < -0.39 is 0 Å². The molecule has 5 nitrogen and oxygen atoms in total. The monoisotopic (exact) mass is 282 g/mol. The summed E-state index contributed by atoms with van der Waals surface area (Å²) in [7, 11) is 3.10. The van der Waals surface area contributed by atoms with Gasteiger partial charge in [-0.1, -0.05) is 12.1 Å². The van der Waals surface area contributed by atoms with Gasteiger partial charge in [0.1, 0.15) is 6.33 Å². The number of para-hydroxylation sites is 2. The first-order valence-electron chi connectivity index (χ1n) is 6.43. The van der Waals surface area contributed by atoms with Crippen molar-refractivity contribution in [1.82, 2.24) is 9.55 Å². The molecule has 0 saturated heterocycles. The number of hydrogen-bond donors (Lipinski definition) is 0. The average molecular weight is 282 g/mol. The number of rotatable bonds is 3. The number of ether oxygens (including phenoxy) is 2. The smallest absolute Gasteiger partial charge is 0.263 e. The third kappa shape index (κ3) is 2.23. The van der Waals surface area contributed by atoms with Crippen molar-refractivity contribution in [2.45, 2.75) is 0 Å². The van der Waals surface area contributed by atoms with Crippen molar-refractivity contribution in [1.29, 1.82) is 0 Å². The minimum Gasteiger partial charge on any atom is -0.493 e. The molecule has 0 aliphatic heterocycles. The van der Waals surface area contributed by atoms with Crippen LogP contribution in [0.2, 0.25) is 0 Å². The maximum atomic E-state index is 12.6. The van der Waals surface area contributed by atoms with E-state index >= 15 is 0 Å². The maximum Gasteiger partial charge on any atom is 0.263 e. The Morgan fingerprint density at radius 1 is 1.05 bits per heavy atom. The number of hydrogen-bond acceptors (Lipinski definition) is 4. The van der Waals surface area contributed by atoms with E-state index in [9.17, 15) is 4.79 Å². The Bertz CT molecular complexity index is 808. The lowest BCUT2D eigenvalue weighted by molar-refractivity contribution is 0.0964. The summed E-state index contributed by atoms with van der Waals surface area (Å²) in [5, 5.41) is 0. The van der Waals surface area contributed by atoms with Crippen LogP contribution in [0.5, 0.6) is 11.5 Å². The molecule has 3 aromatic rings. The van der Waals surface area contributed by atoms with Crippen molar-refractivity contribution in [3.63, 3.8) is 0 Å². The summed E-state index contributed by atoms with van der Waals surface area (Å²) in [5.41, 5.74) is 2.07. The summed E-state index contributed by atoms with van der Waals surface area (Å²) in [6, 6.07) is 12.6. The first kappa shape index (κ1) is 13.2. The molecule has 0 fully saturated rings. The van der Waals surface area contributed by atoms with Crippen molar-refractivity contribution in [3.8, 4) is 11.5 Å². The van der Waals surface area contributed by atoms with E-state index in [1.165, 1.54) is 10.9 Å². The summed E-state index contributed by atoms with van der Waals surface area (Å²) in [6.07, 6.45) is 1.53. The second kappa shape index (κ2) is 5.28. The predicted molar refractivity (Wildman–Crippen MR) is 79.0 cm³/mol. The maximum absolute atomic E-state index is 12.6. The molecule has 106 valence electrons. The molecule has 0 aliphatic rings. The summed E-state index contributed by atoms with van der Waals surface area (Å²) in [4.78, 5) is 16.8. The second-order valence-electron chi connectivity index (χ2n) is 4.48. The van der Waals surface area contributed by atoms with Gasteiger partial charge in [-0.3, -0.25) is 9.36 Å². The zero-order chi connectivity index (χ0) is 14.8. The van der Waals surface area contributed by atoms with Crippen LogP contribution in [0.4, 0.5) is 0 Å². The van der Waals surface area contributed by atoms with Gasteiger partial charge in [0.25, 0.3) is 5.91 Å². The number of benzene rings is 2. The van der Waals surface area contributed by atoms with Gasteiger partial charge in [0, 0.05) is 5.56 Å².